The number of likely N-dealkylation sites (N-methyl/N-ethyl adjacent to an activating group) is 1. The highest BCUT2D eigenvalue weighted by molar-refractivity contribution is 8.26. The Labute approximate surface area is 160 Å². The van der Waals surface area contributed by atoms with Crippen LogP contribution in [0.5, 0.6) is 0 Å². The van der Waals surface area contributed by atoms with Crippen molar-refractivity contribution in [3.63, 3.8) is 0 Å². The molecule has 26 heavy (non-hydrogen) atoms. The summed E-state index contributed by atoms with van der Waals surface area (Å²) in [5, 5.41) is 8.93. The van der Waals surface area contributed by atoms with Crippen LogP contribution in [0.25, 0.3) is 6.08 Å². The fraction of sp³-hybridized carbons (Fsp3) is 0.389. The normalized spacial score (nSPS) is 26.4. The standard InChI is InChI=1S/C18H18N2O4S2/c1-19-13-3-2-10(6-11(13)12-9-24-5-4-14(12)19)7-15-17(23)20(8-16(21)22)18(25)26-15/h2-3,6-7,12,14H,4-5,8-9H2,1H3,(H,21,22)/b15-7-. The molecule has 0 radical (unpaired) electrons. The summed E-state index contributed by atoms with van der Waals surface area (Å²) in [5.41, 5.74) is 3.37. The number of carboxylic acids is 1. The van der Waals surface area contributed by atoms with Crippen LogP contribution in [-0.2, 0) is 14.3 Å². The zero-order chi connectivity index (χ0) is 18.4. The Morgan fingerprint density at radius 3 is 3.08 bits per heavy atom. The van der Waals surface area contributed by atoms with Crippen LogP contribution in [-0.4, -0.2) is 59.1 Å². The van der Waals surface area contributed by atoms with Crippen LogP contribution in [0.4, 0.5) is 5.69 Å². The topological polar surface area (TPSA) is 70.1 Å². The van der Waals surface area contributed by atoms with E-state index < -0.39 is 12.5 Å². The van der Waals surface area contributed by atoms with Gasteiger partial charge in [0.25, 0.3) is 5.91 Å². The number of nitrogens with zero attached hydrogens (tertiary/aromatic N) is 2. The monoisotopic (exact) mass is 390 g/mol. The summed E-state index contributed by atoms with van der Waals surface area (Å²) in [6, 6.07) is 6.63. The maximum absolute atomic E-state index is 12.4. The number of carboxylic acid groups (broad SMARTS) is 1. The van der Waals surface area contributed by atoms with Crippen molar-refractivity contribution in [3.8, 4) is 0 Å². The molecule has 0 aromatic heterocycles. The van der Waals surface area contributed by atoms with Crippen molar-refractivity contribution in [2.45, 2.75) is 18.4 Å². The van der Waals surface area contributed by atoms with Gasteiger partial charge < -0.3 is 14.7 Å². The molecule has 0 bridgehead atoms. The van der Waals surface area contributed by atoms with Gasteiger partial charge in [0.1, 0.15) is 10.9 Å². The number of carbonyl (C=O) groups is 2. The van der Waals surface area contributed by atoms with Gasteiger partial charge in [0.15, 0.2) is 0 Å². The number of hydrogen-bond acceptors (Lipinski definition) is 6. The molecule has 0 spiro atoms. The van der Waals surface area contributed by atoms with E-state index in [1.807, 2.05) is 6.07 Å². The average molecular weight is 390 g/mol. The summed E-state index contributed by atoms with van der Waals surface area (Å²) in [7, 11) is 2.12. The number of aliphatic carboxylic acids is 1. The van der Waals surface area contributed by atoms with Crippen LogP contribution in [0.15, 0.2) is 23.1 Å². The minimum Gasteiger partial charge on any atom is -0.480 e. The van der Waals surface area contributed by atoms with E-state index in [2.05, 4.69) is 24.1 Å². The first-order valence-corrected chi connectivity index (χ1v) is 9.60. The van der Waals surface area contributed by atoms with Crippen molar-refractivity contribution in [3.05, 3.63) is 34.2 Å². The Morgan fingerprint density at radius 2 is 2.31 bits per heavy atom. The van der Waals surface area contributed by atoms with E-state index in [4.69, 9.17) is 22.1 Å². The second-order valence-corrected chi connectivity index (χ2v) is 8.30. The van der Waals surface area contributed by atoms with E-state index >= 15 is 0 Å². The summed E-state index contributed by atoms with van der Waals surface area (Å²) in [6.45, 7) is 1.10. The number of anilines is 1. The van der Waals surface area contributed by atoms with Gasteiger partial charge in [-0.25, -0.2) is 0 Å². The lowest BCUT2D eigenvalue weighted by molar-refractivity contribution is -0.140. The van der Waals surface area contributed by atoms with Gasteiger partial charge in [-0.3, -0.25) is 14.5 Å². The number of thioether (sulfide) groups is 1. The fourth-order valence-corrected chi connectivity index (χ4v) is 5.12. The third kappa shape index (κ3) is 2.91. The molecule has 2 fully saturated rings. The van der Waals surface area contributed by atoms with Gasteiger partial charge in [0.05, 0.1) is 11.5 Å². The van der Waals surface area contributed by atoms with Crippen LogP contribution in [0, 0.1) is 0 Å². The van der Waals surface area contributed by atoms with Crippen LogP contribution in [0.2, 0.25) is 0 Å². The first-order chi connectivity index (χ1) is 12.5. The number of fused-ring (bicyclic) bond motifs is 3. The summed E-state index contributed by atoms with van der Waals surface area (Å²) < 4.78 is 5.95. The van der Waals surface area contributed by atoms with Crippen molar-refractivity contribution in [1.29, 1.82) is 0 Å². The van der Waals surface area contributed by atoms with Gasteiger partial charge in [-0.1, -0.05) is 30.0 Å². The van der Waals surface area contributed by atoms with Gasteiger partial charge in [0.2, 0.25) is 0 Å². The maximum atomic E-state index is 12.4. The molecule has 6 nitrogen and oxygen atoms in total. The van der Waals surface area contributed by atoms with Crippen LogP contribution >= 0.6 is 24.0 Å². The van der Waals surface area contributed by atoms with E-state index in [0.29, 0.717) is 23.5 Å². The summed E-state index contributed by atoms with van der Waals surface area (Å²) in [4.78, 5) is 27.2. The van der Waals surface area contributed by atoms with Crippen molar-refractivity contribution < 1.29 is 19.4 Å². The molecule has 3 aliphatic rings. The smallest absolute Gasteiger partial charge is 0.323 e. The van der Waals surface area contributed by atoms with E-state index in [1.165, 1.54) is 11.3 Å². The van der Waals surface area contributed by atoms with Gasteiger partial charge in [-0.2, -0.15) is 0 Å². The minimum atomic E-state index is -1.08. The average Bonchev–Trinajstić information content (AvgIpc) is 3.04. The Bertz CT molecular complexity index is 838. The van der Waals surface area contributed by atoms with Gasteiger partial charge in [0, 0.05) is 31.3 Å². The lowest BCUT2D eigenvalue weighted by atomic mass is 9.91. The number of carbonyl (C=O) groups excluding carboxylic acids is 1. The molecular weight excluding hydrogens is 372 g/mol. The summed E-state index contributed by atoms with van der Waals surface area (Å²) >= 11 is 6.29. The molecule has 4 rings (SSSR count). The lowest BCUT2D eigenvalue weighted by Crippen LogP contribution is -2.36. The van der Waals surface area contributed by atoms with Gasteiger partial charge in [-0.05, 0) is 35.8 Å². The Balaban J connectivity index is 1.63. The molecule has 3 aliphatic heterocycles. The number of rotatable bonds is 3. The molecule has 136 valence electrons. The zero-order valence-electron chi connectivity index (χ0n) is 14.2. The summed E-state index contributed by atoms with van der Waals surface area (Å²) in [6.07, 6.45) is 2.80. The second-order valence-electron chi connectivity index (χ2n) is 6.63. The minimum absolute atomic E-state index is 0.283. The Kier molecular flexibility index (Phi) is 4.50. The highest BCUT2D eigenvalue weighted by atomic mass is 32.2. The van der Waals surface area contributed by atoms with Gasteiger partial charge in [-0.15, -0.1) is 0 Å². The van der Waals surface area contributed by atoms with E-state index in [9.17, 15) is 9.59 Å². The van der Waals surface area contributed by atoms with E-state index in [-0.39, 0.29) is 10.2 Å². The van der Waals surface area contributed by atoms with Crippen molar-refractivity contribution in [2.75, 3.05) is 31.7 Å². The second kappa shape index (κ2) is 6.68. The summed E-state index contributed by atoms with van der Waals surface area (Å²) in [5.74, 6) is -1.08. The third-order valence-electron chi connectivity index (χ3n) is 5.11. The van der Waals surface area contributed by atoms with Crippen LogP contribution in [0.3, 0.4) is 0 Å². The molecule has 2 atom stereocenters. The molecule has 8 heteroatoms. The van der Waals surface area contributed by atoms with Crippen molar-refractivity contribution in [2.24, 2.45) is 0 Å². The number of hydrogen-bond donors (Lipinski definition) is 1. The number of benzene rings is 1. The quantitative estimate of drug-likeness (QED) is 0.627. The highest BCUT2D eigenvalue weighted by Gasteiger charge is 2.39. The molecule has 2 unspecified atom stereocenters. The fourth-order valence-electron chi connectivity index (χ4n) is 3.87. The molecule has 1 aromatic rings. The molecule has 0 aliphatic carbocycles. The number of thiocarbonyl (C=S) groups is 1. The van der Waals surface area contributed by atoms with E-state index in [1.54, 1.807) is 6.08 Å². The SMILES string of the molecule is CN1c2ccc(/C=C3\SC(=S)N(CC(=O)O)C3=O)cc2C2COCCC21. The first kappa shape index (κ1) is 17.5. The van der Waals surface area contributed by atoms with Gasteiger partial charge >= 0.3 is 5.97 Å². The number of amides is 1. The maximum Gasteiger partial charge on any atom is 0.323 e. The van der Waals surface area contributed by atoms with Crippen LogP contribution < -0.4 is 4.90 Å². The van der Waals surface area contributed by atoms with E-state index in [0.717, 1.165) is 35.3 Å². The van der Waals surface area contributed by atoms with Crippen molar-refractivity contribution >= 4 is 51.9 Å². The van der Waals surface area contributed by atoms with Crippen molar-refractivity contribution in [1.82, 2.24) is 4.90 Å². The third-order valence-corrected chi connectivity index (χ3v) is 6.49. The number of ether oxygens (including phenoxy) is 1. The molecule has 1 amide bonds. The molecule has 3 heterocycles. The Hall–Kier alpha value is -1.90. The molecule has 0 saturated carbocycles. The zero-order valence-corrected chi connectivity index (χ0v) is 15.8. The predicted molar refractivity (Wildman–Crippen MR) is 104 cm³/mol. The Morgan fingerprint density at radius 1 is 1.50 bits per heavy atom. The molecular formula is C18H18N2O4S2. The highest BCUT2D eigenvalue weighted by Crippen LogP contribution is 2.44. The largest absolute Gasteiger partial charge is 0.480 e. The molecule has 1 aromatic carbocycles. The lowest BCUT2D eigenvalue weighted by Gasteiger charge is -2.30. The molecule has 1 N–H and O–H groups in total. The van der Waals surface area contributed by atoms with Crippen LogP contribution in [0.1, 0.15) is 23.5 Å². The molecule has 2 saturated heterocycles. The first-order valence-electron chi connectivity index (χ1n) is 8.37. The predicted octanol–water partition coefficient (Wildman–Crippen LogP) is 2.29.